The van der Waals surface area contributed by atoms with Crippen LogP contribution in [0, 0.1) is 5.92 Å². The molecule has 2 rings (SSSR count). The number of amides is 2. The first-order chi connectivity index (χ1) is 10.9. The smallest absolute Gasteiger partial charge is 0.239 e. The van der Waals surface area contributed by atoms with Crippen LogP contribution in [0.4, 0.5) is 0 Å². The lowest BCUT2D eigenvalue weighted by Gasteiger charge is -2.19. The van der Waals surface area contributed by atoms with Crippen molar-refractivity contribution in [2.75, 3.05) is 13.1 Å². The van der Waals surface area contributed by atoms with Crippen molar-refractivity contribution in [1.29, 1.82) is 0 Å². The Hall–Kier alpha value is -1.40. The van der Waals surface area contributed by atoms with Crippen LogP contribution in [0.5, 0.6) is 0 Å². The molecular formula is C17H24BrN3O2. The number of rotatable bonds is 7. The van der Waals surface area contributed by atoms with Gasteiger partial charge in [-0.3, -0.25) is 9.59 Å². The molecule has 0 radical (unpaired) electrons. The molecule has 1 saturated carbocycles. The Kier molecular flexibility index (Phi) is 5.81. The molecule has 0 unspecified atom stereocenters. The van der Waals surface area contributed by atoms with Crippen molar-refractivity contribution in [1.82, 2.24) is 10.6 Å². The maximum absolute atomic E-state index is 12.0. The molecule has 1 aliphatic rings. The number of benzene rings is 1. The normalized spacial score (nSPS) is 16.7. The third-order valence-corrected chi connectivity index (χ3v) is 5.06. The topological polar surface area (TPSA) is 84.2 Å². The van der Waals surface area contributed by atoms with Crippen LogP contribution >= 0.6 is 15.9 Å². The van der Waals surface area contributed by atoms with Crippen molar-refractivity contribution in [3.05, 3.63) is 34.3 Å². The van der Waals surface area contributed by atoms with Gasteiger partial charge in [0, 0.05) is 16.4 Å². The van der Waals surface area contributed by atoms with E-state index in [0.717, 1.165) is 17.3 Å². The fourth-order valence-corrected chi connectivity index (χ4v) is 3.21. The summed E-state index contributed by atoms with van der Waals surface area (Å²) in [6, 6.07) is 7.51. The molecular weight excluding hydrogens is 358 g/mol. The van der Waals surface area contributed by atoms with Gasteiger partial charge < -0.3 is 16.4 Å². The van der Waals surface area contributed by atoms with Gasteiger partial charge in [0.2, 0.25) is 11.8 Å². The van der Waals surface area contributed by atoms with Gasteiger partial charge in [-0.2, -0.15) is 0 Å². The highest BCUT2D eigenvalue weighted by molar-refractivity contribution is 9.10. The van der Waals surface area contributed by atoms with Gasteiger partial charge in [-0.15, -0.1) is 0 Å². The van der Waals surface area contributed by atoms with E-state index in [4.69, 9.17) is 5.73 Å². The monoisotopic (exact) mass is 381 g/mol. The van der Waals surface area contributed by atoms with Crippen molar-refractivity contribution in [3.63, 3.8) is 0 Å². The summed E-state index contributed by atoms with van der Waals surface area (Å²) in [5.41, 5.74) is 6.99. The van der Waals surface area contributed by atoms with E-state index in [1.54, 1.807) is 0 Å². The van der Waals surface area contributed by atoms with Crippen LogP contribution in [-0.4, -0.2) is 30.9 Å². The van der Waals surface area contributed by atoms with Crippen LogP contribution in [0.1, 0.15) is 32.3 Å². The number of hydrogen-bond acceptors (Lipinski definition) is 3. The summed E-state index contributed by atoms with van der Waals surface area (Å²) >= 11 is 3.57. The molecule has 0 bridgehead atoms. The predicted molar refractivity (Wildman–Crippen MR) is 93.9 cm³/mol. The molecule has 1 aromatic carbocycles. The average Bonchev–Trinajstić information content (AvgIpc) is 3.31. The van der Waals surface area contributed by atoms with Crippen LogP contribution in [-0.2, 0) is 15.0 Å². The molecule has 0 spiro atoms. The quantitative estimate of drug-likeness (QED) is 0.671. The lowest BCUT2D eigenvalue weighted by Crippen LogP contribution is -2.47. The molecule has 1 fully saturated rings. The van der Waals surface area contributed by atoms with Crippen LogP contribution in [0.3, 0.4) is 0 Å². The first-order valence-corrected chi connectivity index (χ1v) is 8.70. The summed E-state index contributed by atoms with van der Waals surface area (Å²) < 4.78 is 1.07. The molecule has 1 aliphatic carbocycles. The maximum atomic E-state index is 12.0. The predicted octanol–water partition coefficient (Wildman–Crippen LogP) is 1.70. The van der Waals surface area contributed by atoms with E-state index in [9.17, 15) is 9.59 Å². The van der Waals surface area contributed by atoms with Gasteiger partial charge in [-0.05, 0) is 30.4 Å². The van der Waals surface area contributed by atoms with Gasteiger partial charge in [0.15, 0.2) is 0 Å². The van der Waals surface area contributed by atoms with E-state index in [1.165, 1.54) is 5.56 Å². The van der Waals surface area contributed by atoms with E-state index in [2.05, 4.69) is 32.6 Å². The molecule has 2 amide bonds. The standard InChI is InChI=1S/C17H24BrN3O2/c1-11(2)15(19)16(23)20-9-14(22)21-10-17(7-8-17)12-5-3-4-6-13(12)18/h3-6,11,15H,7-10,19H2,1-2H3,(H,20,23)(H,21,22)/t15-/m0/s1. The molecule has 0 aliphatic heterocycles. The molecule has 1 aromatic rings. The molecule has 23 heavy (non-hydrogen) atoms. The SMILES string of the molecule is CC(C)[C@H](N)C(=O)NCC(=O)NCC1(c2ccccc2Br)CC1. The number of hydrogen-bond donors (Lipinski definition) is 3. The van der Waals surface area contributed by atoms with E-state index in [0.29, 0.717) is 6.54 Å². The fourth-order valence-electron chi connectivity index (χ4n) is 2.50. The number of halogens is 1. The molecule has 0 aromatic heterocycles. The summed E-state index contributed by atoms with van der Waals surface area (Å²) in [7, 11) is 0. The largest absolute Gasteiger partial charge is 0.354 e. The molecule has 4 N–H and O–H groups in total. The van der Waals surface area contributed by atoms with E-state index in [-0.39, 0.29) is 29.7 Å². The Labute approximate surface area is 145 Å². The zero-order chi connectivity index (χ0) is 17.0. The lowest BCUT2D eigenvalue weighted by atomic mass is 9.96. The third kappa shape index (κ3) is 4.54. The van der Waals surface area contributed by atoms with Gasteiger partial charge in [0.25, 0.3) is 0 Å². The second kappa shape index (κ2) is 7.45. The van der Waals surface area contributed by atoms with Crippen LogP contribution in [0.2, 0.25) is 0 Å². The Morgan fingerprint density at radius 1 is 1.26 bits per heavy atom. The fraction of sp³-hybridized carbons (Fsp3) is 0.529. The Morgan fingerprint density at radius 3 is 2.48 bits per heavy atom. The van der Waals surface area contributed by atoms with Crippen molar-refractivity contribution >= 4 is 27.7 Å². The van der Waals surface area contributed by atoms with Gasteiger partial charge in [0.05, 0.1) is 12.6 Å². The van der Waals surface area contributed by atoms with E-state index >= 15 is 0 Å². The number of carbonyl (C=O) groups is 2. The minimum atomic E-state index is -0.585. The first-order valence-electron chi connectivity index (χ1n) is 7.91. The van der Waals surface area contributed by atoms with Crippen molar-refractivity contribution < 1.29 is 9.59 Å². The summed E-state index contributed by atoms with van der Waals surface area (Å²) in [6.45, 7) is 4.30. The number of carbonyl (C=O) groups excluding carboxylic acids is 2. The lowest BCUT2D eigenvalue weighted by molar-refractivity contribution is -0.127. The molecule has 6 heteroatoms. The van der Waals surface area contributed by atoms with Gasteiger partial charge in [-0.25, -0.2) is 0 Å². The van der Waals surface area contributed by atoms with Crippen molar-refractivity contribution in [2.24, 2.45) is 11.7 Å². The highest BCUT2D eigenvalue weighted by atomic mass is 79.9. The van der Waals surface area contributed by atoms with Crippen molar-refractivity contribution in [3.8, 4) is 0 Å². The highest BCUT2D eigenvalue weighted by Crippen LogP contribution is 2.49. The van der Waals surface area contributed by atoms with Crippen molar-refractivity contribution in [2.45, 2.75) is 38.1 Å². The van der Waals surface area contributed by atoms with Crippen LogP contribution in [0.25, 0.3) is 0 Å². The van der Waals surface area contributed by atoms with Crippen LogP contribution in [0.15, 0.2) is 28.7 Å². The van der Waals surface area contributed by atoms with Gasteiger partial charge >= 0.3 is 0 Å². The Morgan fingerprint density at radius 2 is 1.91 bits per heavy atom. The maximum Gasteiger partial charge on any atom is 0.239 e. The summed E-state index contributed by atoms with van der Waals surface area (Å²) in [5.74, 6) is -0.432. The third-order valence-electron chi connectivity index (χ3n) is 4.37. The van der Waals surface area contributed by atoms with Gasteiger partial charge in [0.1, 0.15) is 0 Å². The molecule has 126 valence electrons. The second-order valence-corrected chi connectivity index (χ2v) is 7.38. The zero-order valence-corrected chi connectivity index (χ0v) is 15.2. The summed E-state index contributed by atoms with van der Waals surface area (Å²) in [5, 5.41) is 5.51. The summed E-state index contributed by atoms with van der Waals surface area (Å²) in [4.78, 5) is 23.7. The van der Waals surface area contributed by atoms with E-state index in [1.807, 2.05) is 32.0 Å². The first kappa shape index (κ1) is 17.9. The molecule has 5 nitrogen and oxygen atoms in total. The second-order valence-electron chi connectivity index (χ2n) is 6.52. The van der Waals surface area contributed by atoms with E-state index < -0.39 is 6.04 Å². The highest BCUT2D eigenvalue weighted by Gasteiger charge is 2.45. The molecule has 0 heterocycles. The zero-order valence-electron chi connectivity index (χ0n) is 13.6. The van der Waals surface area contributed by atoms with Crippen LogP contribution < -0.4 is 16.4 Å². The Balaban J connectivity index is 1.81. The molecule has 0 saturated heterocycles. The number of nitrogens with one attached hydrogen (secondary N) is 2. The van der Waals surface area contributed by atoms with Gasteiger partial charge in [-0.1, -0.05) is 48.0 Å². The minimum absolute atomic E-state index is 0.0219. The molecule has 1 atom stereocenters. The average molecular weight is 382 g/mol. The summed E-state index contributed by atoms with van der Waals surface area (Å²) in [6.07, 6.45) is 2.11. The Bertz CT molecular complexity index is 585. The minimum Gasteiger partial charge on any atom is -0.354 e. The number of nitrogens with two attached hydrogens (primary N) is 1.